The quantitative estimate of drug-likeness (QED) is 0.700. The molecule has 2 aliphatic heterocycles. The van der Waals surface area contributed by atoms with Crippen molar-refractivity contribution in [2.24, 2.45) is 0 Å². The molecule has 1 fully saturated rings. The van der Waals surface area contributed by atoms with Crippen LogP contribution in [0.15, 0.2) is 59.5 Å². The van der Waals surface area contributed by atoms with Gasteiger partial charge in [-0.1, -0.05) is 42.5 Å². The maximum Gasteiger partial charge on any atom is 0.243 e. The zero-order valence-electron chi connectivity index (χ0n) is 17.7. The molecule has 1 unspecified atom stereocenters. The molecule has 6 nitrogen and oxygen atoms in total. The van der Waals surface area contributed by atoms with Crippen molar-refractivity contribution in [2.45, 2.75) is 24.5 Å². The molecule has 1 aliphatic carbocycles. The topological polar surface area (TPSA) is 76.1 Å². The second kappa shape index (κ2) is 8.73. The number of hydrogen-bond acceptors (Lipinski definition) is 7. The molecule has 2 aromatic carbocycles. The van der Waals surface area contributed by atoms with Crippen molar-refractivity contribution in [1.82, 2.24) is 4.90 Å². The van der Waals surface area contributed by atoms with Crippen LogP contribution in [0.4, 0.5) is 0 Å². The van der Waals surface area contributed by atoms with Crippen molar-refractivity contribution in [3.63, 3.8) is 0 Å². The van der Waals surface area contributed by atoms with Gasteiger partial charge in [-0.2, -0.15) is 0 Å². The molecule has 1 spiro atoms. The Bertz CT molecular complexity index is 1060. The summed E-state index contributed by atoms with van der Waals surface area (Å²) in [6.45, 7) is 2.38. The van der Waals surface area contributed by atoms with Crippen molar-refractivity contribution in [2.75, 3.05) is 32.0 Å². The Hall–Kier alpha value is -2.61. The zero-order chi connectivity index (χ0) is 22.1. The lowest BCUT2D eigenvalue weighted by atomic mass is 9.90. The average molecular weight is 452 g/mol. The number of carbonyl (C=O) groups excluding carboxylic acids is 2. The predicted octanol–water partition coefficient (Wildman–Crippen LogP) is 3.16. The van der Waals surface area contributed by atoms with Crippen LogP contribution in [0.25, 0.3) is 5.76 Å². The van der Waals surface area contributed by atoms with Crippen molar-refractivity contribution < 1.29 is 24.2 Å². The fraction of sp³-hybridized carbons (Fsp3) is 0.360. The number of rotatable bonds is 5. The number of ether oxygens (including phenoxy) is 2. The highest BCUT2D eigenvalue weighted by molar-refractivity contribution is 8.04. The molecule has 0 radical (unpaired) electrons. The van der Waals surface area contributed by atoms with E-state index < -0.39 is 17.7 Å². The molecule has 0 aromatic heterocycles. The summed E-state index contributed by atoms with van der Waals surface area (Å²) in [5.41, 5.74) is 0.779. The Balaban J connectivity index is 1.21. The van der Waals surface area contributed by atoms with E-state index >= 15 is 0 Å². The van der Waals surface area contributed by atoms with Gasteiger partial charge in [0.25, 0.3) is 0 Å². The number of ketones is 2. The minimum atomic E-state index is -0.575. The standard InChI is InChI=1S/C25H25NO5S/c27-17(15-30-18-6-2-1-3-7-18)14-26-12-10-25(11-13-26)16-32-24-22(29)21(28)19-8-4-5-9-20(19)23(24)31-25/h1-9,17,27H,10-16H2. The van der Waals surface area contributed by atoms with E-state index in [4.69, 9.17) is 9.47 Å². The van der Waals surface area contributed by atoms with E-state index in [-0.39, 0.29) is 12.2 Å². The molecule has 0 saturated carbocycles. The van der Waals surface area contributed by atoms with Gasteiger partial charge in [-0.3, -0.25) is 9.59 Å². The van der Waals surface area contributed by atoms with Gasteiger partial charge in [-0.05, 0) is 12.1 Å². The van der Waals surface area contributed by atoms with Gasteiger partial charge in [0.15, 0.2) is 0 Å². The molecule has 0 bridgehead atoms. The van der Waals surface area contributed by atoms with Gasteiger partial charge in [-0.25, -0.2) is 0 Å². The van der Waals surface area contributed by atoms with Crippen LogP contribution in [0.2, 0.25) is 0 Å². The van der Waals surface area contributed by atoms with Crippen LogP contribution in [-0.4, -0.2) is 65.3 Å². The van der Waals surface area contributed by atoms with Crippen LogP contribution in [0.3, 0.4) is 0 Å². The first kappa shape index (κ1) is 21.2. The Morgan fingerprint density at radius 3 is 2.44 bits per heavy atom. The lowest BCUT2D eigenvalue weighted by Gasteiger charge is -2.45. The highest BCUT2D eigenvalue weighted by Crippen LogP contribution is 2.47. The van der Waals surface area contributed by atoms with Gasteiger partial charge in [0.05, 0.1) is 0 Å². The summed E-state index contributed by atoms with van der Waals surface area (Å²) >= 11 is 1.45. The largest absolute Gasteiger partial charge is 0.491 e. The number of aliphatic hydroxyl groups is 1. The molecule has 2 aromatic rings. The maximum absolute atomic E-state index is 12.6. The van der Waals surface area contributed by atoms with Gasteiger partial charge < -0.3 is 19.5 Å². The second-order valence-corrected chi connectivity index (χ2v) is 9.50. The minimum absolute atomic E-state index is 0.251. The fourth-order valence-corrected chi connectivity index (χ4v) is 5.72. The minimum Gasteiger partial charge on any atom is -0.491 e. The number of benzene rings is 2. The van der Waals surface area contributed by atoms with Gasteiger partial charge in [0, 0.05) is 49.4 Å². The maximum atomic E-state index is 12.6. The van der Waals surface area contributed by atoms with Gasteiger partial charge in [-0.15, -0.1) is 11.8 Å². The van der Waals surface area contributed by atoms with Gasteiger partial charge >= 0.3 is 0 Å². The van der Waals surface area contributed by atoms with Crippen molar-refractivity contribution >= 4 is 29.1 Å². The molecular weight excluding hydrogens is 426 g/mol. The molecule has 1 N–H and O–H groups in total. The van der Waals surface area contributed by atoms with Crippen LogP contribution < -0.4 is 4.74 Å². The lowest BCUT2D eigenvalue weighted by molar-refractivity contribution is -0.111. The lowest BCUT2D eigenvalue weighted by Crippen LogP contribution is -2.51. The molecular formula is C25H25NO5S. The summed E-state index contributed by atoms with van der Waals surface area (Å²) < 4.78 is 12.2. The smallest absolute Gasteiger partial charge is 0.243 e. The van der Waals surface area contributed by atoms with Gasteiger partial charge in [0.1, 0.15) is 34.7 Å². The number of hydrogen-bond donors (Lipinski definition) is 1. The number of fused-ring (bicyclic) bond motifs is 2. The molecule has 7 heteroatoms. The number of likely N-dealkylation sites (tertiary alicyclic amines) is 1. The van der Waals surface area contributed by atoms with Crippen molar-refractivity contribution in [3.8, 4) is 5.75 Å². The third kappa shape index (κ3) is 4.08. The van der Waals surface area contributed by atoms with E-state index in [0.29, 0.717) is 28.5 Å². The SMILES string of the molecule is O=C1C(=O)c2ccccc2C2=C1SCC1(CCN(CC(O)COc3ccccc3)CC1)O2. The average Bonchev–Trinajstić information content (AvgIpc) is 2.83. The molecule has 166 valence electrons. The van der Waals surface area contributed by atoms with Gasteiger partial charge in [0.2, 0.25) is 11.6 Å². The number of allylic oxidation sites excluding steroid dienone is 1. The summed E-state index contributed by atoms with van der Waals surface area (Å²) in [4.78, 5) is 27.7. The van der Waals surface area contributed by atoms with E-state index in [1.54, 1.807) is 12.1 Å². The van der Waals surface area contributed by atoms with Crippen molar-refractivity contribution in [3.05, 3.63) is 70.6 Å². The Labute approximate surface area is 191 Å². The van der Waals surface area contributed by atoms with E-state index in [1.165, 1.54) is 11.8 Å². The van der Waals surface area contributed by atoms with Crippen LogP contribution >= 0.6 is 11.8 Å². The third-order valence-corrected chi connectivity index (χ3v) is 7.58. The number of piperidine rings is 1. The van der Waals surface area contributed by atoms with E-state index in [9.17, 15) is 14.7 Å². The highest BCUT2D eigenvalue weighted by atomic mass is 32.2. The zero-order valence-corrected chi connectivity index (χ0v) is 18.5. The molecule has 32 heavy (non-hydrogen) atoms. The number of β-amino-alcohol motifs (C(OH)–C–C–N with tert-alkyl or cyclic N) is 1. The molecule has 2 heterocycles. The van der Waals surface area contributed by atoms with Crippen LogP contribution in [0, 0.1) is 0 Å². The summed E-state index contributed by atoms with van der Waals surface area (Å²) in [5.74, 6) is 1.05. The first-order valence-corrected chi connectivity index (χ1v) is 11.9. The number of aliphatic hydroxyl groups excluding tert-OH is 1. The number of thioether (sulfide) groups is 1. The second-order valence-electron chi connectivity index (χ2n) is 8.51. The summed E-state index contributed by atoms with van der Waals surface area (Å²) in [5, 5.41) is 10.4. The van der Waals surface area contributed by atoms with Crippen LogP contribution in [0.5, 0.6) is 5.75 Å². The molecule has 3 aliphatic rings. The Kier molecular flexibility index (Phi) is 5.80. The predicted molar refractivity (Wildman–Crippen MR) is 123 cm³/mol. The van der Waals surface area contributed by atoms with Crippen LogP contribution in [0.1, 0.15) is 28.8 Å². The third-order valence-electron chi connectivity index (χ3n) is 6.25. The Morgan fingerprint density at radius 1 is 1.00 bits per heavy atom. The van der Waals surface area contributed by atoms with Crippen LogP contribution in [-0.2, 0) is 9.53 Å². The van der Waals surface area contributed by atoms with Crippen molar-refractivity contribution in [1.29, 1.82) is 0 Å². The summed E-state index contributed by atoms with van der Waals surface area (Å²) in [6.07, 6.45) is 1.02. The number of nitrogens with zero attached hydrogens (tertiary/aromatic N) is 1. The summed E-state index contributed by atoms with van der Waals surface area (Å²) in [7, 11) is 0. The van der Waals surface area contributed by atoms with E-state index in [0.717, 1.165) is 37.2 Å². The monoisotopic (exact) mass is 451 g/mol. The molecule has 1 atom stereocenters. The highest BCUT2D eigenvalue weighted by Gasteiger charge is 2.46. The number of carbonyl (C=O) groups is 2. The van der Waals surface area contributed by atoms with E-state index in [2.05, 4.69) is 4.90 Å². The Morgan fingerprint density at radius 2 is 1.69 bits per heavy atom. The first-order chi connectivity index (χ1) is 15.5. The van der Waals surface area contributed by atoms with E-state index in [1.807, 2.05) is 42.5 Å². The summed E-state index contributed by atoms with van der Waals surface area (Å²) in [6, 6.07) is 16.7. The number of Topliss-reactive ketones (excluding diaryl/α,β-unsaturated/α-hetero) is 2. The molecule has 1 saturated heterocycles. The normalized spacial score (nSPS) is 21.0. The first-order valence-electron chi connectivity index (χ1n) is 10.9. The fourth-order valence-electron chi connectivity index (χ4n) is 4.46. The molecule has 0 amide bonds. The molecule has 5 rings (SSSR count). The number of para-hydroxylation sites is 1.